The van der Waals surface area contributed by atoms with Crippen molar-refractivity contribution in [3.8, 4) is 0 Å². The molecule has 3 nitrogen and oxygen atoms in total. The summed E-state index contributed by atoms with van der Waals surface area (Å²) in [6.07, 6.45) is 0. The zero-order valence-electron chi connectivity index (χ0n) is 13.0. The molecule has 0 aromatic heterocycles. The Balaban J connectivity index is 1.66. The molecule has 2 aliphatic rings. The Morgan fingerprint density at radius 1 is 1.41 bits per heavy atom. The Bertz CT molecular complexity index is 614. The van der Waals surface area contributed by atoms with Gasteiger partial charge in [-0.1, -0.05) is 53.2 Å². The largest absolute Gasteiger partial charge is 0.456 e. The molecule has 5 heteroatoms. The monoisotopic (exact) mass is 381 g/mol. The third kappa shape index (κ3) is 2.58. The molecule has 0 amide bonds. The molecular weight excluding hydrogens is 362 g/mol. The van der Waals surface area contributed by atoms with Gasteiger partial charge in [0.25, 0.3) is 0 Å². The van der Waals surface area contributed by atoms with Gasteiger partial charge >= 0.3 is 5.97 Å². The highest BCUT2D eigenvalue weighted by Gasteiger charge is 2.64. The van der Waals surface area contributed by atoms with E-state index in [1.54, 1.807) is 0 Å². The molecular formula is C17H20BrNO2S. The molecule has 1 unspecified atom stereocenters. The molecule has 2 heterocycles. The van der Waals surface area contributed by atoms with Gasteiger partial charge in [-0.25, -0.2) is 4.79 Å². The van der Waals surface area contributed by atoms with Crippen LogP contribution in [-0.2, 0) is 16.1 Å². The summed E-state index contributed by atoms with van der Waals surface area (Å²) in [4.78, 5) is 14.7. The van der Waals surface area contributed by atoms with E-state index in [2.05, 4.69) is 27.8 Å². The van der Waals surface area contributed by atoms with Crippen LogP contribution in [-0.4, -0.2) is 32.4 Å². The van der Waals surface area contributed by atoms with Crippen LogP contribution < -0.4 is 0 Å². The first-order valence-corrected chi connectivity index (χ1v) is 9.16. The average Bonchev–Trinajstić information content (AvgIpc) is 2.50. The van der Waals surface area contributed by atoms with Crippen LogP contribution in [0.15, 0.2) is 41.6 Å². The van der Waals surface area contributed by atoms with Gasteiger partial charge in [-0.2, -0.15) is 0 Å². The second-order valence-corrected chi connectivity index (χ2v) is 9.00. The number of benzene rings is 1. The summed E-state index contributed by atoms with van der Waals surface area (Å²) in [5, 5.41) is 0.934. The molecule has 22 heavy (non-hydrogen) atoms. The van der Waals surface area contributed by atoms with Crippen molar-refractivity contribution in [3.05, 3.63) is 47.2 Å². The van der Waals surface area contributed by atoms with E-state index in [0.717, 1.165) is 23.4 Å². The first-order chi connectivity index (χ1) is 10.4. The van der Waals surface area contributed by atoms with Crippen molar-refractivity contribution < 1.29 is 9.53 Å². The van der Waals surface area contributed by atoms with E-state index in [0.29, 0.717) is 17.2 Å². The Labute approximate surface area is 144 Å². The summed E-state index contributed by atoms with van der Waals surface area (Å²) in [5.74, 6) is -0.224. The van der Waals surface area contributed by atoms with Crippen molar-refractivity contribution >= 4 is 33.7 Å². The Kier molecular flexibility index (Phi) is 4.29. The van der Waals surface area contributed by atoms with Crippen LogP contribution in [0.2, 0.25) is 0 Å². The van der Waals surface area contributed by atoms with Gasteiger partial charge in [-0.15, -0.1) is 11.8 Å². The molecule has 118 valence electrons. The van der Waals surface area contributed by atoms with Crippen molar-refractivity contribution in [2.75, 3.05) is 6.54 Å². The smallest absolute Gasteiger partial charge is 0.354 e. The SMILES string of the molecule is CC(C)=C(C(=O)OCc1ccccc1)N1C[C@]2(Br)C1S[C@H]2C. The van der Waals surface area contributed by atoms with Crippen molar-refractivity contribution in [1.29, 1.82) is 0 Å². The molecule has 0 saturated carbocycles. The molecule has 3 atom stereocenters. The summed E-state index contributed by atoms with van der Waals surface area (Å²) in [7, 11) is 0. The minimum atomic E-state index is -0.224. The van der Waals surface area contributed by atoms with Gasteiger partial charge in [0.05, 0.1) is 9.70 Å². The van der Waals surface area contributed by atoms with Gasteiger partial charge in [0.1, 0.15) is 12.3 Å². The Morgan fingerprint density at radius 2 is 2.09 bits per heavy atom. The zero-order valence-corrected chi connectivity index (χ0v) is 15.4. The molecule has 2 saturated heterocycles. The van der Waals surface area contributed by atoms with E-state index in [9.17, 15) is 4.79 Å². The molecule has 1 aromatic carbocycles. The highest BCUT2D eigenvalue weighted by Crippen LogP contribution is 2.61. The highest BCUT2D eigenvalue weighted by molar-refractivity contribution is 9.10. The molecule has 0 spiro atoms. The lowest BCUT2D eigenvalue weighted by atomic mass is 9.92. The highest BCUT2D eigenvalue weighted by atomic mass is 79.9. The lowest BCUT2D eigenvalue weighted by Gasteiger charge is -2.65. The second kappa shape index (κ2) is 5.93. The number of hydrogen-bond acceptors (Lipinski definition) is 4. The predicted molar refractivity (Wildman–Crippen MR) is 93.8 cm³/mol. The lowest BCUT2D eigenvalue weighted by Crippen LogP contribution is -2.75. The summed E-state index contributed by atoms with van der Waals surface area (Å²) in [5.41, 5.74) is 2.73. The topological polar surface area (TPSA) is 29.5 Å². The van der Waals surface area contributed by atoms with Crippen molar-refractivity contribution in [1.82, 2.24) is 4.90 Å². The second-order valence-electron chi connectivity index (χ2n) is 6.10. The molecule has 2 fully saturated rings. The predicted octanol–water partition coefficient (Wildman–Crippen LogP) is 3.93. The van der Waals surface area contributed by atoms with E-state index in [4.69, 9.17) is 4.74 Å². The van der Waals surface area contributed by atoms with Crippen LogP contribution in [0.5, 0.6) is 0 Å². The number of fused-ring (bicyclic) bond motifs is 1. The van der Waals surface area contributed by atoms with Crippen LogP contribution in [0.1, 0.15) is 26.3 Å². The van der Waals surface area contributed by atoms with Crippen LogP contribution in [0.3, 0.4) is 0 Å². The number of esters is 1. The molecule has 1 aromatic rings. The summed E-state index contributed by atoms with van der Waals surface area (Å²) >= 11 is 5.73. The van der Waals surface area contributed by atoms with E-state index in [1.165, 1.54) is 0 Å². The average molecular weight is 382 g/mol. The number of carbonyl (C=O) groups is 1. The number of likely N-dealkylation sites (tertiary alicyclic amines) is 1. The Morgan fingerprint density at radius 3 is 2.59 bits per heavy atom. The third-order valence-electron chi connectivity index (χ3n) is 4.28. The van der Waals surface area contributed by atoms with E-state index < -0.39 is 0 Å². The molecule has 0 bridgehead atoms. The number of halogens is 1. The van der Waals surface area contributed by atoms with E-state index in [1.807, 2.05) is 55.9 Å². The first-order valence-electron chi connectivity index (χ1n) is 7.43. The van der Waals surface area contributed by atoms with Crippen LogP contribution in [0.25, 0.3) is 0 Å². The summed E-state index contributed by atoms with van der Waals surface area (Å²) < 4.78 is 5.68. The van der Waals surface area contributed by atoms with Gasteiger partial charge in [0, 0.05) is 11.8 Å². The molecule has 2 aliphatic heterocycles. The molecule has 0 radical (unpaired) electrons. The van der Waals surface area contributed by atoms with Crippen molar-refractivity contribution in [2.45, 2.75) is 42.3 Å². The fourth-order valence-electron chi connectivity index (χ4n) is 2.92. The van der Waals surface area contributed by atoms with Gasteiger partial charge in [-0.3, -0.25) is 0 Å². The van der Waals surface area contributed by atoms with Crippen LogP contribution in [0.4, 0.5) is 0 Å². The maximum atomic E-state index is 12.5. The normalized spacial score (nSPS) is 29.0. The fourth-order valence-corrected chi connectivity index (χ4v) is 5.50. The minimum absolute atomic E-state index is 0.165. The zero-order chi connectivity index (χ0) is 15.9. The lowest BCUT2D eigenvalue weighted by molar-refractivity contribution is -0.143. The number of hydrogen-bond donors (Lipinski definition) is 0. The maximum absolute atomic E-state index is 12.5. The number of alkyl halides is 1. The number of thioether (sulfide) groups is 1. The van der Waals surface area contributed by atoms with E-state index >= 15 is 0 Å². The number of nitrogens with zero attached hydrogens (tertiary/aromatic N) is 1. The molecule has 3 rings (SSSR count). The van der Waals surface area contributed by atoms with E-state index in [-0.39, 0.29) is 10.3 Å². The van der Waals surface area contributed by atoms with Gasteiger partial charge in [0.15, 0.2) is 0 Å². The molecule has 0 aliphatic carbocycles. The Hall–Kier alpha value is -0.940. The van der Waals surface area contributed by atoms with Crippen LogP contribution in [0, 0.1) is 0 Å². The standard InChI is InChI=1S/C17H20BrNO2S/c1-11(2)14(19-10-17(18)12(3)22-16(17)19)15(20)21-9-13-7-5-4-6-8-13/h4-8,12,16H,9-10H2,1-3H3/t12-,16?,17+/m0/s1. The number of carbonyl (C=O) groups excluding carboxylic acids is 1. The van der Waals surface area contributed by atoms with Crippen LogP contribution >= 0.6 is 27.7 Å². The number of rotatable bonds is 4. The number of ether oxygens (including phenoxy) is 1. The molecule has 0 N–H and O–H groups in total. The summed E-state index contributed by atoms with van der Waals surface area (Å²) in [6, 6.07) is 9.79. The number of allylic oxidation sites excluding steroid dienone is 1. The fraction of sp³-hybridized carbons (Fsp3) is 0.471. The van der Waals surface area contributed by atoms with Gasteiger partial charge in [0.2, 0.25) is 0 Å². The van der Waals surface area contributed by atoms with Crippen molar-refractivity contribution in [2.24, 2.45) is 0 Å². The summed E-state index contributed by atoms with van der Waals surface area (Å²) in [6.45, 7) is 7.36. The third-order valence-corrected chi connectivity index (χ3v) is 8.02. The van der Waals surface area contributed by atoms with Crippen molar-refractivity contribution in [3.63, 3.8) is 0 Å². The van der Waals surface area contributed by atoms with Gasteiger partial charge in [-0.05, 0) is 25.0 Å². The maximum Gasteiger partial charge on any atom is 0.354 e. The first kappa shape index (κ1) is 15.9. The van der Waals surface area contributed by atoms with Gasteiger partial charge < -0.3 is 9.64 Å². The minimum Gasteiger partial charge on any atom is -0.456 e. The quantitative estimate of drug-likeness (QED) is 0.448.